The van der Waals surface area contributed by atoms with Crippen LogP contribution in [0.1, 0.15) is 51.0 Å². The molecule has 1 aliphatic carbocycles. The van der Waals surface area contributed by atoms with Crippen LogP contribution in [0.5, 0.6) is 0 Å². The van der Waals surface area contributed by atoms with Crippen LogP contribution in [-0.4, -0.2) is 12.2 Å². The molecule has 1 aromatic carbocycles. The van der Waals surface area contributed by atoms with E-state index in [0.29, 0.717) is 5.92 Å². The number of hydrogen-bond donors (Lipinski definition) is 1. The number of benzene rings is 1. The second-order valence-electron chi connectivity index (χ2n) is 6.58. The predicted molar refractivity (Wildman–Crippen MR) is 77.9 cm³/mol. The average Bonchev–Trinajstić information content (AvgIpc) is 2.88. The van der Waals surface area contributed by atoms with Crippen molar-refractivity contribution in [2.24, 2.45) is 11.7 Å². The Morgan fingerprint density at radius 2 is 1.89 bits per heavy atom. The van der Waals surface area contributed by atoms with Crippen LogP contribution in [0.15, 0.2) is 30.3 Å². The Kier molecular flexibility index (Phi) is 3.40. The van der Waals surface area contributed by atoms with Crippen molar-refractivity contribution in [2.75, 3.05) is 6.61 Å². The molecule has 0 aromatic heterocycles. The molecule has 2 aliphatic rings. The van der Waals surface area contributed by atoms with E-state index in [4.69, 9.17) is 10.5 Å². The molecule has 104 valence electrons. The van der Waals surface area contributed by atoms with Gasteiger partial charge in [0.2, 0.25) is 0 Å². The van der Waals surface area contributed by atoms with Gasteiger partial charge in [0, 0.05) is 12.1 Å². The summed E-state index contributed by atoms with van der Waals surface area (Å²) in [4.78, 5) is 0. The fraction of sp³-hybridized carbons (Fsp3) is 0.647. The van der Waals surface area contributed by atoms with Gasteiger partial charge in [-0.1, -0.05) is 43.2 Å². The van der Waals surface area contributed by atoms with E-state index in [1.165, 1.54) is 31.2 Å². The Bertz CT molecular complexity index is 420. The third-order valence-corrected chi connectivity index (χ3v) is 5.25. The van der Waals surface area contributed by atoms with Gasteiger partial charge in [0.25, 0.3) is 0 Å². The van der Waals surface area contributed by atoms with Gasteiger partial charge in [-0.15, -0.1) is 0 Å². The average molecular weight is 259 g/mol. The number of rotatable bonds is 2. The maximum atomic E-state index is 6.71. The van der Waals surface area contributed by atoms with E-state index >= 15 is 0 Å². The Balaban J connectivity index is 1.81. The molecule has 1 saturated heterocycles. The van der Waals surface area contributed by atoms with Gasteiger partial charge in [-0.3, -0.25) is 0 Å². The van der Waals surface area contributed by atoms with Crippen LogP contribution in [0, 0.1) is 5.92 Å². The third kappa shape index (κ3) is 2.44. The lowest BCUT2D eigenvalue weighted by Gasteiger charge is -2.45. The summed E-state index contributed by atoms with van der Waals surface area (Å²) in [5.74, 6) is 0.529. The van der Waals surface area contributed by atoms with Crippen molar-refractivity contribution in [2.45, 2.75) is 56.6 Å². The predicted octanol–water partition coefficient (Wildman–Crippen LogP) is 3.60. The molecule has 3 rings (SSSR count). The van der Waals surface area contributed by atoms with Gasteiger partial charge < -0.3 is 10.5 Å². The second-order valence-corrected chi connectivity index (χ2v) is 6.58. The van der Waals surface area contributed by atoms with Crippen LogP contribution in [0.2, 0.25) is 0 Å². The van der Waals surface area contributed by atoms with Gasteiger partial charge in [-0.2, -0.15) is 0 Å². The smallest absolute Gasteiger partial charge is 0.0686 e. The van der Waals surface area contributed by atoms with E-state index in [0.717, 1.165) is 19.4 Å². The lowest BCUT2D eigenvalue weighted by atomic mass is 9.71. The van der Waals surface area contributed by atoms with Crippen molar-refractivity contribution in [1.29, 1.82) is 0 Å². The summed E-state index contributed by atoms with van der Waals surface area (Å²) in [5.41, 5.74) is 7.88. The molecular weight excluding hydrogens is 234 g/mol. The highest BCUT2D eigenvalue weighted by Crippen LogP contribution is 2.46. The van der Waals surface area contributed by atoms with Crippen LogP contribution >= 0.6 is 0 Å². The van der Waals surface area contributed by atoms with Crippen molar-refractivity contribution in [3.63, 3.8) is 0 Å². The van der Waals surface area contributed by atoms with E-state index in [1.54, 1.807) is 0 Å². The minimum Gasteiger partial charge on any atom is -0.375 e. The van der Waals surface area contributed by atoms with Crippen LogP contribution < -0.4 is 5.73 Å². The SMILES string of the molecule is CC(N)(c1ccccc1)C1CCOC2(CCCC2)C1. The maximum Gasteiger partial charge on any atom is 0.0686 e. The molecule has 1 spiro atoms. The van der Waals surface area contributed by atoms with Crippen molar-refractivity contribution in [3.05, 3.63) is 35.9 Å². The molecule has 1 saturated carbocycles. The zero-order valence-corrected chi connectivity index (χ0v) is 11.9. The largest absolute Gasteiger partial charge is 0.375 e. The fourth-order valence-electron chi connectivity index (χ4n) is 3.94. The van der Waals surface area contributed by atoms with E-state index < -0.39 is 0 Å². The first-order valence-electron chi connectivity index (χ1n) is 7.61. The number of nitrogens with two attached hydrogens (primary N) is 1. The molecule has 2 fully saturated rings. The topological polar surface area (TPSA) is 35.2 Å². The van der Waals surface area contributed by atoms with Gasteiger partial charge in [0.1, 0.15) is 0 Å². The highest BCUT2D eigenvalue weighted by atomic mass is 16.5. The molecule has 2 atom stereocenters. The summed E-state index contributed by atoms with van der Waals surface area (Å²) < 4.78 is 6.13. The van der Waals surface area contributed by atoms with Crippen LogP contribution in [0.25, 0.3) is 0 Å². The summed E-state index contributed by atoms with van der Waals surface area (Å²) in [6, 6.07) is 10.6. The third-order valence-electron chi connectivity index (χ3n) is 5.25. The van der Waals surface area contributed by atoms with Crippen LogP contribution in [0.4, 0.5) is 0 Å². The molecule has 2 unspecified atom stereocenters. The zero-order valence-electron chi connectivity index (χ0n) is 11.9. The summed E-state index contributed by atoms with van der Waals surface area (Å²) >= 11 is 0. The van der Waals surface area contributed by atoms with Gasteiger partial charge in [0.05, 0.1) is 5.60 Å². The van der Waals surface area contributed by atoms with Crippen LogP contribution in [0.3, 0.4) is 0 Å². The van der Waals surface area contributed by atoms with Crippen LogP contribution in [-0.2, 0) is 10.3 Å². The van der Waals surface area contributed by atoms with Gasteiger partial charge >= 0.3 is 0 Å². The van der Waals surface area contributed by atoms with Gasteiger partial charge in [-0.05, 0) is 44.1 Å². The first kappa shape index (κ1) is 13.1. The fourth-order valence-corrected chi connectivity index (χ4v) is 3.94. The first-order chi connectivity index (χ1) is 9.12. The standard InChI is InChI=1S/C17H25NO/c1-16(18,14-7-3-2-4-8-14)15-9-12-19-17(13-15)10-5-6-11-17/h2-4,7-8,15H,5-6,9-13,18H2,1H3. The molecule has 2 heteroatoms. The first-order valence-corrected chi connectivity index (χ1v) is 7.61. The number of ether oxygens (including phenoxy) is 1. The van der Waals surface area contributed by atoms with Gasteiger partial charge in [-0.25, -0.2) is 0 Å². The zero-order chi connectivity index (χ0) is 13.3. The molecule has 1 heterocycles. The minimum atomic E-state index is -0.235. The Morgan fingerprint density at radius 3 is 2.58 bits per heavy atom. The molecule has 0 amide bonds. The van der Waals surface area contributed by atoms with E-state index in [1.807, 2.05) is 0 Å². The summed E-state index contributed by atoms with van der Waals surface area (Å²) in [7, 11) is 0. The lowest BCUT2D eigenvalue weighted by Crippen LogP contribution is -2.49. The lowest BCUT2D eigenvalue weighted by molar-refractivity contribution is -0.104. The van der Waals surface area contributed by atoms with E-state index in [2.05, 4.69) is 37.3 Å². The number of hydrogen-bond acceptors (Lipinski definition) is 2. The summed E-state index contributed by atoms with van der Waals surface area (Å²) in [6.45, 7) is 3.07. The Hall–Kier alpha value is -0.860. The molecular formula is C17H25NO. The monoisotopic (exact) mass is 259 g/mol. The molecule has 0 bridgehead atoms. The van der Waals surface area contributed by atoms with Crippen molar-refractivity contribution in [1.82, 2.24) is 0 Å². The molecule has 0 radical (unpaired) electrons. The highest BCUT2D eigenvalue weighted by Gasteiger charge is 2.44. The highest BCUT2D eigenvalue weighted by molar-refractivity contribution is 5.24. The molecule has 2 N–H and O–H groups in total. The summed E-state index contributed by atoms with van der Waals surface area (Å²) in [5, 5.41) is 0. The molecule has 1 aliphatic heterocycles. The minimum absolute atomic E-state index is 0.151. The van der Waals surface area contributed by atoms with Gasteiger partial charge in [0.15, 0.2) is 0 Å². The van der Waals surface area contributed by atoms with Crippen molar-refractivity contribution in [3.8, 4) is 0 Å². The normalized spacial score (nSPS) is 29.3. The molecule has 1 aromatic rings. The van der Waals surface area contributed by atoms with E-state index in [-0.39, 0.29) is 11.1 Å². The molecule has 2 nitrogen and oxygen atoms in total. The Labute approximate surface area is 116 Å². The molecule has 19 heavy (non-hydrogen) atoms. The van der Waals surface area contributed by atoms with E-state index in [9.17, 15) is 0 Å². The van der Waals surface area contributed by atoms with Crippen molar-refractivity contribution >= 4 is 0 Å². The maximum absolute atomic E-state index is 6.71. The quantitative estimate of drug-likeness (QED) is 0.880. The summed E-state index contributed by atoms with van der Waals surface area (Å²) in [6.07, 6.45) is 7.32. The Morgan fingerprint density at radius 1 is 1.21 bits per heavy atom. The second kappa shape index (κ2) is 4.92. The van der Waals surface area contributed by atoms with Crippen molar-refractivity contribution < 1.29 is 4.74 Å².